The number of hydrogen-bond donors (Lipinski definition) is 1. The quantitative estimate of drug-likeness (QED) is 0.641. The molecule has 0 saturated heterocycles. The second kappa shape index (κ2) is 6.21. The van der Waals surface area contributed by atoms with E-state index < -0.39 is 0 Å². The van der Waals surface area contributed by atoms with Crippen molar-refractivity contribution in [3.05, 3.63) is 23.2 Å². The van der Waals surface area contributed by atoms with Gasteiger partial charge < -0.3 is 9.55 Å². The topological polar surface area (TPSA) is 33.6 Å². The average molecular weight is 267 g/mol. The summed E-state index contributed by atoms with van der Waals surface area (Å²) in [5.41, 5.74) is 2.19. The van der Waals surface area contributed by atoms with E-state index in [0.29, 0.717) is 0 Å². The van der Waals surface area contributed by atoms with E-state index in [4.69, 9.17) is 12.2 Å². The molecule has 0 aromatic carbocycles. The molecule has 2 heterocycles. The van der Waals surface area contributed by atoms with E-state index in [1.54, 1.807) is 0 Å². The van der Waals surface area contributed by atoms with Gasteiger partial charge in [-0.1, -0.05) is 6.42 Å². The highest BCUT2D eigenvalue weighted by atomic mass is 32.2. The van der Waals surface area contributed by atoms with Crippen LogP contribution in [0.3, 0.4) is 0 Å². The van der Waals surface area contributed by atoms with Crippen LogP contribution in [0.2, 0.25) is 0 Å². The first-order chi connectivity index (χ1) is 8.33. The maximum atomic E-state index is 5.33. The molecular formula is C12H17N3S2. The molecule has 1 N–H and O–H groups in total. The Morgan fingerprint density at radius 3 is 3.12 bits per heavy atom. The summed E-state index contributed by atoms with van der Waals surface area (Å²) in [6, 6.07) is 2.02. The van der Waals surface area contributed by atoms with Gasteiger partial charge in [0.25, 0.3) is 0 Å². The Kier molecular flexibility index (Phi) is 4.62. The normalized spacial score (nSPS) is 11.1. The highest BCUT2D eigenvalue weighted by Crippen LogP contribution is 2.13. The van der Waals surface area contributed by atoms with Crippen molar-refractivity contribution >= 4 is 35.0 Å². The zero-order valence-electron chi connectivity index (χ0n) is 9.98. The first-order valence-corrected chi connectivity index (χ1v) is 7.64. The summed E-state index contributed by atoms with van der Waals surface area (Å²) in [7, 11) is 0. The molecule has 3 nitrogen and oxygen atoms in total. The minimum absolute atomic E-state index is 0.804. The Morgan fingerprint density at radius 2 is 2.29 bits per heavy atom. The molecule has 0 radical (unpaired) electrons. The van der Waals surface area contributed by atoms with Crippen LogP contribution in [0, 0.1) is 4.77 Å². The standard InChI is InChI=1S/C12H17N3S2/c1-17-8-4-2-3-7-15-11-5-6-13-9-10(11)14-12(15)16/h5-6,9H,2-4,7-8H2,1H3,(H,14,16). The third-order valence-electron chi connectivity index (χ3n) is 2.81. The minimum atomic E-state index is 0.804. The predicted molar refractivity (Wildman–Crippen MR) is 77.2 cm³/mol. The minimum Gasteiger partial charge on any atom is -0.329 e. The second-order valence-electron chi connectivity index (χ2n) is 4.03. The smallest absolute Gasteiger partial charge is 0.178 e. The molecular weight excluding hydrogens is 250 g/mol. The molecule has 2 aromatic rings. The number of aryl methyl sites for hydroxylation is 1. The molecule has 2 rings (SSSR count). The van der Waals surface area contributed by atoms with Gasteiger partial charge in [-0.05, 0) is 43.1 Å². The second-order valence-corrected chi connectivity index (χ2v) is 5.40. The van der Waals surface area contributed by atoms with E-state index in [0.717, 1.165) is 22.3 Å². The highest BCUT2D eigenvalue weighted by molar-refractivity contribution is 7.98. The van der Waals surface area contributed by atoms with Crippen molar-refractivity contribution in [2.24, 2.45) is 0 Å². The fraction of sp³-hybridized carbons (Fsp3) is 0.500. The number of aromatic amines is 1. The van der Waals surface area contributed by atoms with E-state index in [1.165, 1.54) is 25.0 Å². The van der Waals surface area contributed by atoms with Crippen LogP contribution in [0.5, 0.6) is 0 Å². The maximum absolute atomic E-state index is 5.33. The average Bonchev–Trinajstić information content (AvgIpc) is 2.65. The van der Waals surface area contributed by atoms with Crippen molar-refractivity contribution in [2.45, 2.75) is 25.8 Å². The monoisotopic (exact) mass is 267 g/mol. The van der Waals surface area contributed by atoms with Crippen molar-refractivity contribution < 1.29 is 0 Å². The van der Waals surface area contributed by atoms with Crippen LogP contribution >= 0.6 is 24.0 Å². The van der Waals surface area contributed by atoms with E-state index in [-0.39, 0.29) is 0 Å². The van der Waals surface area contributed by atoms with Crippen molar-refractivity contribution in [2.75, 3.05) is 12.0 Å². The summed E-state index contributed by atoms with van der Waals surface area (Å²) in [5, 5.41) is 0. The number of thioether (sulfide) groups is 1. The summed E-state index contributed by atoms with van der Waals surface area (Å²) >= 11 is 7.24. The number of imidazole rings is 1. The molecule has 0 saturated carbocycles. The molecule has 0 amide bonds. The highest BCUT2D eigenvalue weighted by Gasteiger charge is 2.03. The molecule has 17 heavy (non-hydrogen) atoms. The molecule has 0 aliphatic carbocycles. The number of fused-ring (bicyclic) bond motifs is 1. The zero-order chi connectivity index (χ0) is 12.1. The molecule has 0 unspecified atom stereocenters. The van der Waals surface area contributed by atoms with E-state index in [2.05, 4.69) is 20.8 Å². The van der Waals surface area contributed by atoms with Gasteiger partial charge in [0.2, 0.25) is 0 Å². The van der Waals surface area contributed by atoms with Gasteiger partial charge in [-0.3, -0.25) is 4.98 Å². The van der Waals surface area contributed by atoms with E-state index in [1.807, 2.05) is 30.2 Å². The van der Waals surface area contributed by atoms with Gasteiger partial charge >= 0.3 is 0 Å². The van der Waals surface area contributed by atoms with Crippen LogP contribution in [0.1, 0.15) is 19.3 Å². The maximum Gasteiger partial charge on any atom is 0.178 e. The van der Waals surface area contributed by atoms with Gasteiger partial charge in [0.15, 0.2) is 4.77 Å². The first kappa shape index (κ1) is 12.6. The number of hydrogen-bond acceptors (Lipinski definition) is 3. The summed E-state index contributed by atoms with van der Waals surface area (Å²) in [6.07, 6.45) is 9.54. The molecule has 92 valence electrons. The van der Waals surface area contributed by atoms with Crippen LogP contribution in [-0.4, -0.2) is 26.5 Å². The van der Waals surface area contributed by atoms with Crippen LogP contribution in [0.4, 0.5) is 0 Å². The molecule has 0 aliphatic rings. The molecule has 0 spiro atoms. The number of H-pyrrole nitrogens is 1. The number of rotatable bonds is 6. The molecule has 0 atom stereocenters. The van der Waals surface area contributed by atoms with E-state index >= 15 is 0 Å². The molecule has 0 bridgehead atoms. The number of aromatic nitrogens is 3. The Labute approximate surface area is 111 Å². The predicted octanol–water partition coefficient (Wildman–Crippen LogP) is 3.63. The van der Waals surface area contributed by atoms with Crippen molar-refractivity contribution in [3.8, 4) is 0 Å². The number of pyridine rings is 1. The summed E-state index contributed by atoms with van der Waals surface area (Å²) in [6.45, 7) is 0.997. The van der Waals surface area contributed by atoms with Crippen LogP contribution in [-0.2, 0) is 6.54 Å². The largest absolute Gasteiger partial charge is 0.329 e. The summed E-state index contributed by atoms with van der Waals surface area (Å²) in [5.74, 6) is 1.25. The van der Waals surface area contributed by atoms with Crippen molar-refractivity contribution in [3.63, 3.8) is 0 Å². The van der Waals surface area contributed by atoms with Gasteiger partial charge in [-0.2, -0.15) is 11.8 Å². The SMILES string of the molecule is CSCCCCCn1c(=S)[nH]c2cnccc21. The van der Waals surface area contributed by atoms with Gasteiger partial charge in [0.05, 0.1) is 17.2 Å². The van der Waals surface area contributed by atoms with Crippen molar-refractivity contribution in [1.29, 1.82) is 0 Å². The third-order valence-corrected chi connectivity index (χ3v) is 3.83. The lowest BCUT2D eigenvalue weighted by molar-refractivity contribution is 0.610. The number of unbranched alkanes of at least 4 members (excludes halogenated alkanes) is 2. The molecule has 0 aliphatic heterocycles. The van der Waals surface area contributed by atoms with Gasteiger partial charge in [-0.25, -0.2) is 0 Å². The van der Waals surface area contributed by atoms with Gasteiger partial charge in [-0.15, -0.1) is 0 Å². The van der Waals surface area contributed by atoms with Gasteiger partial charge in [0, 0.05) is 12.7 Å². The summed E-state index contributed by atoms with van der Waals surface area (Å²) in [4.78, 5) is 7.28. The Bertz CT molecular complexity index is 530. The zero-order valence-corrected chi connectivity index (χ0v) is 11.6. The Balaban J connectivity index is 2.03. The summed E-state index contributed by atoms with van der Waals surface area (Å²) < 4.78 is 2.98. The lowest BCUT2D eigenvalue weighted by Gasteiger charge is -2.03. The lowest BCUT2D eigenvalue weighted by Crippen LogP contribution is -1.98. The lowest BCUT2D eigenvalue weighted by atomic mass is 10.2. The van der Waals surface area contributed by atoms with Crippen LogP contribution in [0.15, 0.2) is 18.5 Å². The van der Waals surface area contributed by atoms with Crippen LogP contribution < -0.4 is 0 Å². The van der Waals surface area contributed by atoms with E-state index in [9.17, 15) is 0 Å². The molecule has 5 heteroatoms. The Hall–Kier alpha value is -0.810. The number of nitrogens with one attached hydrogen (secondary N) is 1. The fourth-order valence-electron chi connectivity index (χ4n) is 1.93. The Morgan fingerprint density at radius 1 is 1.41 bits per heavy atom. The van der Waals surface area contributed by atoms with Crippen LogP contribution in [0.25, 0.3) is 11.0 Å². The number of nitrogens with zero attached hydrogens (tertiary/aromatic N) is 2. The fourth-order valence-corrected chi connectivity index (χ4v) is 2.72. The van der Waals surface area contributed by atoms with Crippen molar-refractivity contribution in [1.82, 2.24) is 14.5 Å². The third kappa shape index (κ3) is 3.10. The molecule has 2 aromatic heterocycles. The van der Waals surface area contributed by atoms with Gasteiger partial charge in [0.1, 0.15) is 0 Å². The first-order valence-electron chi connectivity index (χ1n) is 5.84. The molecule has 0 fully saturated rings.